The molecule has 1 aliphatic rings. The standard InChI is InChI=1S/C11H19N3O2S/c1-2-17(15,16)8-7-14-6-5-12-11(14)9-13-10-3-4-10/h5-6,10,13H,2-4,7-9H2,1H3. The zero-order chi connectivity index (χ0) is 12.3. The summed E-state index contributed by atoms with van der Waals surface area (Å²) in [4.78, 5) is 4.25. The molecule has 0 aromatic carbocycles. The summed E-state index contributed by atoms with van der Waals surface area (Å²) in [6.45, 7) is 2.90. The summed E-state index contributed by atoms with van der Waals surface area (Å²) in [5, 5.41) is 3.38. The van der Waals surface area contributed by atoms with Gasteiger partial charge in [-0.3, -0.25) is 0 Å². The van der Waals surface area contributed by atoms with Crippen molar-refractivity contribution < 1.29 is 8.42 Å². The van der Waals surface area contributed by atoms with E-state index in [1.807, 2.05) is 10.8 Å². The van der Waals surface area contributed by atoms with Crippen molar-refractivity contribution in [1.29, 1.82) is 0 Å². The van der Waals surface area contributed by atoms with Gasteiger partial charge >= 0.3 is 0 Å². The van der Waals surface area contributed by atoms with Gasteiger partial charge in [0.25, 0.3) is 0 Å². The molecule has 0 saturated heterocycles. The van der Waals surface area contributed by atoms with Crippen LogP contribution in [0.2, 0.25) is 0 Å². The van der Waals surface area contributed by atoms with Gasteiger partial charge in [0.2, 0.25) is 0 Å². The van der Waals surface area contributed by atoms with Gasteiger partial charge < -0.3 is 9.88 Å². The summed E-state index contributed by atoms with van der Waals surface area (Å²) in [5.74, 6) is 1.32. The third kappa shape index (κ3) is 3.81. The molecule has 17 heavy (non-hydrogen) atoms. The number of aryl methyl sites for hydroxylation is 1. The van der Waals surface area contributed by atoms with Crippen LogP contribution in [0.25, 0.3) is 0 Å². The Kier molecular flexibility index (Phi) is 3.83. The predicted molar refractivity (Wildman–Crippen MR) is 66.4 cm³/mol. The predicted octanol–water partition coefficient (Wildman–Crippen LogP) is 0.570. The van der Waals surface area contributed by atoms with E-state index in [1.165, 1.54) is 12.8 Å². The maximum Gasteiger partial charge on any atom is 0.151 e. The third-order valence-corrected chi connectivity index (χ3v) is 4.70. The third-order valence-electron chi connectivity index (χ3n) is 3.01. The van der Waals surface area contributed by atoms with Crippen LogP contribution in [-0.2, 0) is 22.9 Å². The number of nitrogens with one attached hydrogen (secondary N) is 1. The van der Waals surface area contributed by atoms with Crippen LogP contribution in [0.4, 0.5) is 0 Å². The van der Waals surface area contributed by atoms with E-state index in [4.69, 9.17) is 0 Å². The molecule has 6 heteroatoms. The van der Waals surface area contributed by atoms with Gasteiger partial charge in [-0.25, -0.2) is 13.4 Å². The fourth-order valence-electron chi connectivity index (χ4n) is 1.62. The summed E-state index contributed by atoms with van der Waals surface area (Å²) in [5.41, 5.74) is 0. The van der Waals surface area contributed by atoms with Crippen LogP contribution in [0.1, 0.15) is 25.6 Å². The lowest BCUT2D eigenvalue weighted by Crippen LogP contribution is -2.21. The van der Waals surface area contributed by atoms with Gasteiger partial charge in [0.05, 0.1) is 12.3 Å². The number of nitrogens with zero attached hydrogens (tertiary/aromatic N) is 2. The number of sulfone groups is 1. The van der Waals surface area contributed by atoms with E-state index in [-0.39, 0.29) is 11.5 Å². The fraction of sp³-hybridized carbons (Fsp3) is 0.727. The molecular weight excluding hydrogens is 238 g/mol. The van der Waals surface area contributed by atoms with Crippen molar-refractivity contribution in [1.82, 2.24) is 14.9 Å². The lowest BCUT2D eigenvalue weighted by atomic mass is 10.5. The maximum absolute atomic E-state index is 11.4. The average Bonchev–Trinajstić information content (AvgIpc) is 3.03. The van der Waals surface area contributed by atoms with Crippen molar-refractivity contribution in [2.75, 3.05) is 11.5 Å². The molecule has 1 heterocycles. The van der Waals surface area contributed by atoms with Crippen molar-refractivity contribution >= 4 is 9.84 Å². The molecule has 1 aliphatic carbocycles. The van der Waals surface area contributed by atoms with E-state index in [0.29, 0.717) is 12.6 Å². The SMILES string of the molecule is CCS(=O)(=O)CCn1ccnc1CNC1CC1. The lowest BCUT2D eigenvalue weighted by Gasteiger charge is -2.08. The van der Waals surface area contributed by atoms with E-state index in [9.17, 15) is 8.42 Å². The average molecular weight is 257 g/mol. The Morgan fingerprint density at radius 2 is 2.29 bits per heavy atom. The first kappa shape index (κ1) is 12.6. The first-order chi connectivity index (χ1) is 8.11. The summed E-state index contributed by atoms with van der Waals surface area (Å²) in [6, 6.07) is 0.638. The second kappa shape index (κ2) is 5.18. The van der Waals surface area contributed by atoms with Gasteiger partial charge in [-0.15, -0.1) is 0 Å². The van der Waals surface area contributed by atoms with Gasteiger partial charge in [0.1, 0.15) is 5.82 Å². The van der Waals surface area contributed by atoms with E-state index in [0.717, 1.165) is 12.4 Å². The fourth-order valence-corrected chi connectivity index (χ4v) is 2.38. The van der Waals surface area contributed by atoms with Crippen molar-refractivity contribution in [2.45, 2.75) is 38.9 Å². The molecule has 0 spiro atoms. The minimum Gasteiger partial charge on any atom is -0.333 e. The van der Waals surface area contributed by atoms with Crippen LogP contribution in [-0.4, -0.2) is 35.5 Å². The van der Waals surface area contributed by atoms with Crippen LogP contribution in [0.5, 0.6) is 0 Å². The second-order valence-electron chi connectivity index (χ2n) is 4.43. The molecule has 1 N–H and O–H groups in total. The minimum atomic E-state index is -2.90. The molecule has 1 aromatic rings. The van der Waals surface area contributed by atoms with Crippen molar-refractivity contribution in [3.05, 3.63) is 18.2 Å². The number of rotatable bonds is 7. The highest BCUT2D eigenvalue weighted by Gasteiger charge is 2.20. The van der Waals surface area contributed by atoms with Crippen LogP contribution < -0.4 is 5.32 Å². The molecule has 0 unspecified atom stereocenters. The molecule has 1 fully saturated rings. The van der Waals surface area contributed by atoms with Crippen LogP contribution in [0.15, 0.2) is 12.4 Å². The van der Waals surface area contributed by atoms with Crippen LogP contribution in [0, 0.1) is 0 Å². The van der Waals surface area contributed by atoms with Gasteiger partial charge in [-0.1, -0.05) is 6.92 Å². The monoisotopic (exact) mass is 257 g/mol. The quantitative estimate of drug-likeness (QED) is 0.775. The molecule has 0 aliphatic heterocycles. The molecule has 96 valence electrons. The Morgan fingerprint density at radius 1 is 1.53 bits per heavy atom. The topological polar surface area (TPSA) is 64.0 Å². The van der Waals surface area contributed by atoms with Crippen molar-refractivity contribution in [3.8, 4) is 0 Å². The van der Waals surface area contributed by atoms with Gasteiger partial charge in [0.15, 0.2) is 9.84 Å². The van der Waals surface area contributed by atoms with E-state index in [2.05, 4.69) is 10.3 Å². The first-order valence-corrected chi connectivity index (χ1v) is 7.86. The highest BCUT2D eigenvalue weighted by atomic mass is 32.2. The number of hydrogen-bond donors (Lipinski definition) is 1. The molecule has 1 saturated carbocycles. The number of aromatic nitrogens is 2. The zero-order valence-electron chi connectivity index (χ0n) is 10.1. The molecular formula is C11H19N3O2S. The lowest BCUT2D eigenvalue weighted by molar-refractivity contribution is 0.579. The van der Waals surface area contributed by atoms with E-state index < -0.39 is 9.84 Å². The zero-order valence-corrected chi connectivity index (χ0v) is 10.9. The molecule has 1 aromatic heterocycles. The van der Waals surface area contributed by atoms with Gasteiger partial charge in [-0.2, -0.15) is 0 Å². The summed E-state index contributed by atoms with van der Waals surface area (Å²) in [6.07, 6.45) is 6.05. The number of hydrogen-bond acceptors (Lipinski definition) is 4. The first-order valence-electron chi connectivity index (χ1n) is 6.04. The molecule has 0 atom stereocenters. The summed E-state index contributed by atoms with van der Waals surface area (Å²) < 4.78 is 24.8. The Morgan fingerprint density at radius 3 is 2.94 bits per heavy atom. The second-order valence-corrected chi connectivity index (χ2v) is 6.90. The molecule has 0 bridgehead atoms. The summed E-state index contributed by atoms with van der Waals surface area (Å²) >= 11 is 0. The number of imidazole rings is 1. The highest BCUT2D eigenvalue weighted by molar-refractivity contribution is 7.91. The van der Waals surface area contributed by atoms with Crippen LogP contribution >= 0.6 is 0 Å². The van der Waals surface area contributed by atoms with Crippen molar-refractivity contribution in [2.24, 2.45) is 0 Å². The Balaban J connectivity index is 1.89. The molecule has 0 radical (unpaired) electrons. The van der Waals surface area contributed by atoms with Crippen molar-refractivity contribution in [3.63, 3.8) is 0 Å². The van der Waals surface area contributed by atoms with Crippen LogP contribution in [0.3, 0.4) is 0 Å². The Hall–Kier alpha value is -0.880. The van der Waals surface area contributed by atoms with Gasteiger partial charge in [-0.05, 0) is 12.8 Å². The molecule has 0 amide bonds. The van der Waals surface area contributed by atoms with E-state index in [1.54, 1.807) is 13.1 Å². The maximum atomic E-state index is 11.4. The summed E-state index contributed by atoms with van der Waals surface area (Å²) in [7, 11) is -2.90. The smallest absolute Gasteiger partial charge is 0.151 e. The molecule has 5 nitrogen and oxygen atoms in total. The normalized spacial score (nSPS) is 16.3. The largest absolute Gasteiger partial charge is 0.333 e. The minimum absolute atomic E-state index is 0.191. The Labute approximate surface area is 102 Å². The van der Waals surface area contributed by atoms with Gasteiger partial charge in [0, 0.05) is 30.7 Å². The Bertz CT molecular complexity index is 463. The highest BCUT2D eigenvalue weighted by Crippen LogP contribution is 2.19. The van der Waals surface area contributed by atoms with E-state index >= 15 is 0 Å². The molecule has 2 rings (SSSR count).